The van der Waals surface area contributed by atoms with Gasteiger partial charge in [0.25, 0.3) is 0 Å². The van der Waals surface area contributed by atoms with Crippen LogP contribution in [0.4, 0.5) is 5.69 Å². The summed E-state index contributed by atoms with van der Waals surface area (Å²) < 4.78 is 0. The van der Waals surface area contributed by atoms with Gasteiger partial charge in [-0.3, -0.25) is 4.98 Å². The highest BCUT2D eigenvalue weighted by atomic mass is 16.3. The lowest BCUT2D eigenvalue weighted by Crippen LogP contribution is -2.20. The van der Waals surface area contributed by atoms with E-state index in [1.54, 1.807) is 6.08 Å². The molecule has 0 fully saturated rings. The van der Waals surface area contributed by atoms with Crippen molar-refractivity contribution in [3.05, 3.63) is 53.6 Å². The second kappa shape index (κ2) is 7.69. The number of nitrogens with zero attached hydrogens (tertiary/aromatic N) is 5. The zero-order valence-electron chi connectivity index (χ0n) is 12.6. The molecule has 6 nitrogen and oxygen atoms in total. The van der Waals surface area contributed by atoms with Crippen molar-refractivity contribution in [3.63, 3.8) is 0 Å². The van der Waals surface area contributed by atoms with Gasteiger partial charge in [0.05, 0.1) is 30.3 Å². The Hall–Kier alpha value is -3.22. The van der Waals surface area contributed by atoms with Gasteiger partial charge in [-0.25, -0.2) is 4.98 Å². The molecule has 0 aliphatic carbocycles. The number of likely N-dealkylation sites (N-methyl/N-ethyl adjacent to an activating group) is 1. The average molecular weight is 305 g/mol. The first-order valence-electron chi connectivity index (χ1n) is 6.94. The monoisotopic (exact) mass is 305 g/mol. The van der Waals surface area contributed by atoms with Crippen molar-refractivity contribution in [3.8, 4) is 12.1 Å². The van der Waals surface area contributed by atoms with Crippen LogP contribution in [0, 0.1) is 22.7 Å². The van der Waals surface area contributed by atoms with Gasteiger partial charge in [-0.05, 0) is 23.8 Å². The number of anilines is 1. The van der Waals surface area contributed by atoms with Crippen LogP contribution in [0.5, 0.6) is 0 Å². The summed E-state index contributed by atoms with van der Waals surface area (Å²) >= 11 is 0. The van der Waals surface area contributed by atoms with E-state index in [4.69, 9.17) is 10.4 Å². The normalized spacial score (nSPS) is 10.7. The number of nitriles is 2. The lowest BCUT2D eigenvalue weighted by Gasteiger charge is -2.17. The molecule has 0 amide bonds. The minimum Gasteiger partial charge on any atom is -0.395 e. The van der Waals surface area contributed by atoms with Gasteiger partial charge in [0.15, 0.2) is 5.69 Å². The Bertz CT molecular complexity index is 767. The van der Waals surface area contributed by atoms with Gasteiger partial charge in [-0.15, -0.1) is 0 Å². The third-order valence-electron chi connectivity index (χ3n) is 3.24. The van der Waals surface area contributed by atoms with Gasteiger partial charge in [-0.2, -0.15) is 10.5 Å². The zero-order valence-corrected chi connectivity index (χ0v) is 12.6. The van der Waals surface area contributed by atoms with Gasteiger partial charge in [-0.1, -0.05) is 12.1 Å². The predicted octanol–water partition coefficient (Wildman–Crippen LogP) is 1.84. The van der Waals surface area contributed by atoms with E-state index in [2.05, 4.69) is 16.0 Å². The van der Waals surface area contributed by atoms with Crippen LogP contribution >= 0.6 is 0 Å². The minimum absolute atomic E-state index is 0.0914. The summed E-state index contributed by atoms with van der Waals surface area (Å²) in [6.45, 7) is 0.646. The number of hydrogen-bond acceptors (Lipinski definition) is 6. The fraction of sp³-hybridized carbons (Fsp3) is 0.176. The number of rotatable bonds is 5. The Kier molecular flexibility index (Phi) is 5.40. The molecule has 0 aliphatic heterocycles. The Morgan fingerprint density at radius 1 is 1.22 bits per heavy atom. The molecule has 0 bridgehead atoms. The van der Waals surface area contributed by atoms with E-state index in [0.717, 1.165) is 11.3 Å². The molecule has 1 N–H and O–H groups in total. The predicted molar refractivity (Wildman–Crippen MR) is 87.0 cm³/mol. The van der Waals surface area contributed by atoms with Crippen LogP contribution in [-0.4, -0.2) is 35.3 Å². The first-order chi connectivity index (χ1) is 11.2. The fourth-order valence-electron chi connectivity index (χ4n) is 1.96. The van der Waals surface area contributed by atoms with Crippen LogP contribution in [0.25, 0.3) is 11.6 Å². The van der Waals surface area contributed by atoms with Crippen molar-refractivity contribution in [2.75, 3.05) is 25.1 Å². The van der Waals surface area contributed by atoms with Crippen LogP contribution in [0.15, 0.2) is 36.7 Å². The quantitative estimate of drug-likeness (QED) is 0.847. The van der Waals surface area contributed by atoms with Crippen LogP contribution in [-0.2, 0) is 0 Å². The van der Waals surface area contributed by atoms with Gasteiger partial charge in [0, 0.05) is 19.3 Å². The maximum atomic E-state index is 9.29. The van der Waals surface area contributed by atoms with Crippen molar-refractivity contribution in [1.29, 1.82) is 10.5 Å². The molecular formula is C17H15N5O. The molecule has 0 unspecified atom stereocenters. The topological polar surface area (TPSA) is 96.8 Å². The van der Waals surface area contributed by atoms with Gasteiger partial charge in [0.1, 0.15) is 12.1 Å². The Morgan fingerprint density at radius 2 is 1.96 bits per heavy atom. The first-order valence-corrected chi connectivity index (χ1v) is 6.94. The summed E-state index contributed by atoms with van der Waals surface area (Å²) in [6.07, 6.45) is 4.47. The number of benzene rings is 1. The highest BCUT2D eigenvalue weighted by molar-refractivity contribution is 5.88. The second-order valence-corrected chi connectivity index (χ2v) is 4.81. The van der Waals surface area contributed by atoms with Crippen LogP contribution < -0.4 is 4.90 Å². The molecule has 2 aromatic rings. The summed E-state index contributed by atoms with van der Waals surface area (Å²) in [7, 11) is 1.90. The summed E-state index contributed by atoms with van der Waals surface area (Å²) in [4.78, 5) is 9.93. The largest absolute Gasteiger partial charge is 0.395 e. The SMILES string of the molecule is CN(CCO)c1ccc(/C=C(\C#N)c2cnc(C#N)cn2)cc1. The van der Waals surface area contributed by atoms with E-state index in [-0.39, 0.29) is 12.3 Å². The molecule has 2 rings (SSSR count). The van der Waals surface area contributed by atoms with Crippen LogP contribution in [0.2, 0.25) is 0 Å². The molecular weight excluding hydrogens is 290 g/mol. The third-order valence-corrected chi connectivity index (χ3v) is 3.24. The molecule has 0 aliphatic rings. The van der Waals surface area contributed by atoms with Crippen molar-refractivity contribution < 1.29 is 5.11 Å². The van der Waals surface area contributed by atoms with Gasteiger partial charge < -0.3 is 10.0 Å². The smallest absolute Gasteiger partial charge is 0.158 e. The number of aromatic nitrogens is 2. The van der Waals surface area contributed by atoms with Crippen LogP contribution in [0.3, 0.4) is 0 Å². The van der Waals surface area contributed by atoms with Crippen molar-refractivity contribution in [2.24, 2.45) is 0 Å². The van der Waals surface area contributed by atoms with Gasteiger partial charge >= 0.3 is 0 Å². The number of aliphatic hydroxyl groups is 1. The van der Waals surface area contributed by atoms with E-state index in [0.29, 0.717) is 17.8 Å². The number of allylic oxidation sites excluding steroid dienone is 1. The lowest BCUT2D eigenvalue weighted by molar-refractivity contribution is 0.304. The zero-order chi connectivity index (χ0) is 16.7. The molecule has 0 radical (unpaired) electrons. The molecule has 114 valence electrons. The highest BCUT2D eigenvalue weighted by Gasteiger charge is 2.05. The molecule has 1 heterocycles. The van der Waals surface area contributed by atoms with E-state index in [9.17, 15) is 5.26 Å². The third kappa shape index (κ3) is 4.13. The first kappa shape index (κ1) is 16.2. The van der Waals surface area contributed by atoms with E-state index < -0.39 is 0 Å². The Balaban J connectivity index is 2.24. The molecule has 0 saturated heterocycles. The van der Waals surface area contributed by atoms with Crippen molar-refractivity contribution in [2.45, 2.75) is 0 Å². The van der Waals surface area contributed by atoms with E-state index in [1.165, 1.54) is 12.4 Å². The molecule has 0 atom stereocenters. The maximum absolute atomic E-state index is 9.29. The fourth-order valence-corrected chi connectivity index (χ4v) is 1.96. The summed E-state index contributed by atoms with van der Waals surface area (Å²) in [5.41, 5.74) is 2.84. The standard InChI is InChI=1S/C17H15N5O/c1-22(6-7-23)16-4-2-13(3-5-16)8-14(9-18)17-12-20-15(10-19)11-21-17/h2-5,8,11-12,23H,6-7H2,1H3/b14-8+. The Morgan fingerprint density at radius 3 is 2.48 bits per heavy atom. The molecule has 6 heteroatoms. The Labute approximate surface area is 134 Å². The number of hydrogen-bond donors (Lipinski definition) is 1. The number of aliphatic hydroxyl groups excluding tert-OH is 1. The molecule has 1 aromatic heterocycles. The summed E-state index contributed by atoms with van der Waals surface area (Å²) in [5, 5.41) is 27.0. The van der Waals surface area contributed by atoms with E-state index >= 15 is 0 Å². The highest BCUT2D eigenvalue weighted by Crippen LogP contribution is 2.18. The molecule has 23 heavy (non-hydrogen) atoms. The second-order valence-electron chi connectivity index (χ2n) is 4.81. The summed E-state index contributed by atoms with van der Waals surface area (Å²) in [6, 6.07) is 11.6. The van der Waals surface area contributed by atoms with Crippen molar-refractivity contribution >= 4 is 17.3 Å². The molecule has 1 aromatic carbocycles. The lowest BCUT2D eigenvalue weighted by atomic mass is 10.1. The maximum Gasteiger partial charge on any atom is 0.158 e. The van der Waals surface area contributed by atoms with E-state index in [1.807, 2.05) is 42.3 Å². The van der Waals surface area contributed by atoms with Gasteiger partial charge in [0.2, 0.25) is 0 Å². The van der Waals surface area contributed by atoms with Crippen LogP contribution in [0.1, 0.15) is 17.0 Å². The molecule has 0 spiro atoms. The van der Waals surface area contributed by atoms with Crippen molar-refractivity contribution in [1.82, 2.24) is 9.97 Å². The molecule has 0 saturated carbocycles. The minimum atomic E-state index is 0.0914. The average Bonchev–Trinajstić information content (AvgIpc) is 2.60. The summed E-state index contributed by atoms with van der Waals surface area (Å²) in [5.74, 6) is 0.